The van der Waals surface area contributed by atoms with Crippen LogP contribution in [0.15, 0.2) is 18.2 Å². The van der Waals surface area contributed by atoms with Crippen LogP contribution in [0.1, 0.15) is 43.9 Å². The molecule has 1 saturated heterocycles. The Morgan fingerprint density at radius 1 is 1.10 bits per heavy atom. The van der Waals surface area contributed by atoms with E-state index in [0.29, 0.717) is 23.8 Å². The maximum atomic E-state index is 13.3. The van der Waals surface area contributed by atoms with Gasteiger partial charge in [-0.05, 0) is 36.5 Å². The number of hydrogen-bond donors (Lipinski definition) is 0. The second-order valence-electron chi connectivity index (χ2n) is 8.53. The Balaban J connectivity index is 1.54. The molecule has 0 saturated carbocycles. The summed E-state index contributed by atoms with van der Waals surface area (Å²) in [5.41, 5.74) is 0.912. The first-order chi connectivity index (χ1) is 14.0. The van der Waals surface area contributed by atoms with Gasteiger partial charge in [0.1, 0.15) is 23.1 Å². The van der Waals surface area contributed by atoms with E-state index in [4.69, 9.17) is 9.47 Å². The monoisotopic (exact) mass is 398 g/mol. The number of fused-ring (bicyclic) bond motifs is 3. The van der Waals surface area contributed by atoms with Crippen LogP contribution in [0, 0.1) is 5.92 Å². The molecule has 2 aromatic rings. The molecule has 2 unspecified atom stereocenters. The fraction of sp³-hybridized carbons (Fsp3) is 0.591. The van der Waals surface area contributed by atoms with E-state index in [9.17, 15) is 4.79 Å². The number of rotatable bonds is 6. The molecule has 2 bridgehead atoms. The topological polar surface area (TPSA) is 69.5 Å². The minimum atomic E-state index is 0.164. The second-order valence-corrected chi connectivity index (χ2v) is 8.53. The maximum Gasteiger partial charge on any atom is 0.227 e. The summed E-state index contributed by atoms with van der Waals surface area (Å²) in [5, 5.41) is 8.89. The lowest BCUT2D eigenvalue weighted by Crippen LogP contribution is -2.43. The summed E-state index contributed by atoms with van der Waals surface area (Å²) < 4.78 is 13.0. The fourth-order valence-corrected chi connectivity index (χ4v) is 4.65. The molecule has 1 aromatic carbocycles. The van der Waals surface area contributed by atoms with Crippen LogP contribution in [0.4, 0.5) is 0 Å². The number of hydrogen-bond acceptors (Lipinski definition) is 5. The molecule has 7 heteroatoms. The first kappa shape index (κ1) is 19.7. The highest BCUT2D eigenvalue weighted by atomic mass is 16.5. The highest BCUT2D eigenvalue weighted by Gasteiger charge is 2.40. The summed E-state index contributed by atoms with van der Waals surface area (Å²) >= 11 is 0. The van der Waals surface area contributed by atoms with Crippen LogP contribution in [-0.4, -0.2) is 51.9 Å². The third-order valence-electron chi connectivity index (χ3n) is 5.98. The number of methoxy groups -OCH3 is 2. The van der Waals surface area contributed by atoms with Gasteiger partial charge in [0.05, 0.1) is 26.7 Å². The zero-order valence-electron chi connectivity index (χ0n) is 17.7. The first-order valence-electron chi connectivity index (χ1n) is 10.4. The molecule has 2 aliphatic rings. The number of nitrogens with zero attached hydrogens (tertiary/aromatic N) is 4. The van der Waals surface area contributed by atoms with Crippen LogP contribution >= 0.6 is 0 Å². The molecule has 0 N–H and O–H groups in total. The van der Waals surface area contributed by atoms with E-state index in [1.807, 2.05) is 18.2 Å². The summed E-state index contributed by atoms with van der Waals surface area (Å²) in [6.07, 6.45) is 4.12. The van der Waals surface area contributed by atoms with Gasteiger partial charge in [0.2, 0.25) is 5.91 Å². The number of aromatic nitrogens is 3. The molecule has 3 heterocycles. The molecule has 2 atom stereocenters. The van der Waals surface area contributed by atoms with Crippen molar-refractivity contribution < 1.29 is 14.3 Å². The van der Waals surface area contributed by atoms with Crippen LogP contribution in [-0.2, 0) is 30.6 Å². The van der Waals surface area contributed by atoms with Crippen LogP contribution < -0.4 is 9.47 Å². The summed E-state index contributed by atoms with van der Waals surface area (Å²) in [4.78, 5) is 15.4. The quantitative estimate of drug-likeness (QED) is 0.748. The summed E-state index contributed by atoms with van der Waals surface area (Å²) in [5.74, 6) is 4.17. The lowest BCUT2D eigenvalue weighted by atomic mass is 10.1. The third-order valence-corrected chi connectivity index (χ3v) is 5.98. The lowest BCUT2D eigenvalue weighted by Gasteiger charge is -2.28. The average Bonchev–Trinajstić information content (AvgIpc) is 3.19. The largest absolute Gasteiger partial charge is 0.497 e. The lowest BCUT2D eigenvalue weighted by molar-refractivity contribution is -0.133. The van der Waals surface area contributed by atoms with Crippen molar-refractivity contribution in [1.82, 2.24) is 19.7 Å². The van der Waals surface area contributed by atoms with Crippen LogP contribution in [0.25, 0.3) is 0 Å². The van der Waals surface area contributed by atoms with Gasteiger partial charge >= 0.3 is 0 Å². The second kappa shape index (κ2) is 8.05. The van der Waals surface area contributed by atoms with Crippen LogP contribution in [0.5, 0.6) is 11.5 Å². The Hall–Kier alpha value is -2.57. The zero-order valence-corrected chi connectivity index (χ0v) is 17.7. The van der Waals surface area contributed by atoms with Gasteiger partial charge < -0.3 is 18.9 Å². The van der Waals surface area contributed by atoms with Gasteiger partial charge in [-0.2, -0.15) is 0 Å². The van der Waals surface area contributed by atoms with Crippen LogP contribution in [0.2, 0.25) is 0 Å². The molecule has 156 valence electrons. The molecule has 0 spiro atoms. The van der Waals surface area contributed by atoms with Crippen molar-refractivity contribution in [1.29, 1.82) is 0 Å². The number of carbonyl (C=O) groups is 1. The van der Waals surface area contributed by atoms with Crippen molar-refractivity contribution >= 4 is 5.91 Å². The van der Waals surface area contributed by atoms with Gasteiger partial charge in [0.15, 0.2) is 0 Å². The van der Waals surface area contributed by atoms with E-state index < -0.39 is 0 Å². The van der Waals surface area contributed by atoms with Crippen molar-refractivity contribution in [2.45, 2.75) is 64.6 Å². The molecule has 1 fully saturated rings. The summed E-state index contributed by atoms with van der Waals surface area (Å²) in [7, 11) is 3.25. The Morgan fingerprint density at radius 2 is 1.79 bits per heavy atom. The van der Waals surface area contributed by atoms with E-state index in [-0.39, 0.29) is 18.0 Å². The molecule has 1 amide bonds. The summed E-state index contributed by atoms with van der Waals surface area (Å²) in [6.45, 7) is 5.19. The van der Waals surface area contributed by atoms with E-state index in [1.165, 1.54) is 0 Å². The third kappa shape index (κ3) is 3.95. The molecule has 2 aliphatic heterocycles. The Bertz CT molecular complexity index is 870. The molecular weight excluding hydrogens is 368 g/mol. The van der Waals surface area contributed by atoms with Crippen molar-refractivity contribution in [3.05, 3.63) is 35.4 Å². The SMILES string of the molecule is COc1cc(CC(=O)N2C3CCC2Cn2c(CC(C)C)nnc2C3)cc(OC)c1. The van der Waals surface area contributed by atoms with Crippen molar-refractivity contribution in [2.75, 3.05) is 14.2 Å². The molecule has 7 nitrogen and oxygen atoms in total. The number of amides is 1. The van der Waals surface area contributed by atoms with E-state index in [2.05, 4.69) is 33.5 Å². The number of ether oxygens (including phenoxy) is 2. The standard InChI is InChI=1S/C22H30N4O3/c1-14(2)7-20-23-24-21-11-16-5-6-17(13-25(20)21)26(16)22(27)10-15-8-18(28-3)12-19(9-15)29-4/h8-9,12,14,16-17H,5-7,10-11,13H2,1-4H3. The van der Waals surface area contributed by atoms with Gasteiger partial charge in [0.25, 0.3) is 0 Å². The summed E-state index contributed by atoms with van der Waals surface area (Å²) in [6, 6.07) is 6.07. The molecular formula is C22H30N4O3. The first-order valence-corrected chi connectivity index (χ1v) is 10.4. The number of benzene rings is 1. The predicted octanol–water partition coefficient (Wildman–Crippen LogP) is 2.65. The number of carbonyl (C=O) groups excluding carboxylic acids is 1. The van der Waals surface area contributed by atoms with Gasteiger partial charge in [-0.25, -0.2) is 0 Å². The van der Waals surface area contributed by atoms with Gasteiger partial charge in [-0.1, -0.05) is 13.8 Å². The smallest absolute Gasteiger partial charge is 0.227 e. The minimum Gasteiger partial charge on any atom is -0.497 e. The van der Waals surface area contributed by atoms with Crippen LogP contribution in [0.3, 0.4) is 0 Å². The van der Waals surface area contributed by atoms with Crippen molar-refractivity contribution in [2.24, 2.45) is 5.92 Å². The van der Waals surface area contributed by atoms with Gasteiger partial charge in [-0.3, -0.25) is 4.79 Å². The van der Waals surface area contributed by atoms with Gasteiger partial charge in [-0.15, -0.1) is 10.2 Å². The Kier molecular flexibility index (Phi) is 5.48. The van der Waals surface area contributed by atoms with Crippen molar-refractivity contribution in [3.8, 4) is 11.5 Å². The van der Waals surface area contributed by atoms with E-state index >= 15 is 0 Å². The van der Waals surface area contributed by atoms with Crippen molar-refractivity contribution in [3.63, 3.8) is 0 Å². The maximum absolute atomic E-state index is 13.3. The highest BCUT2D eigenvalue weighted by molar-refractivity contribution is 5.80. The normalized spacial score (nSPS) is 20.5. The predicted molar refractivity (Wildman–Crippen MR) is 109 cm³/mol. The minimum absolute atomic E-state index is 0.164. The average molecular weight is 399 g/mol. The molecule has 0 radical (unpaired) electrons. The van der Waals surface area contributed by atoms with Gasteiger partial charge in [0, 0.05) is 31.5 Å². The van der Waals surface area contributed by atoms with E-state index in [0.717, 1.165) is 49.4 Å². The molecule has 29 heavy (non-hydrogen) atoms. The Labute approximate surface area is 172 Å². The zero-order chi connectivity index (χ0) is 20.5. The molecule has 4 rings (SSSR count). The highest BCUT2D eigenvalue weighted by Crippen LogP contribution is 2.33. The Morgan fingerprint density at radius 3 is 2.45 bits per heavy atom. The fourth-order valence-electron chi connectivity index (χ4n) is 4.65. The van der Waals surface area contributed by atoms with E-state index in [1.54, 1.807) is 14.2 Å². The molecule has 0 aliphatic carbocycles. The molecule has 1 aromatic heterocycles.